The van der Waals surface area contributed by atoms with Gasteiger partial charge < -0.3 is 24.7 Å². The number of nitrogens with zero attached hydrogens (tertiary/aromatic N) is 3. The van der Waals surface area contributed by atoms with Gasteiger partial charge in [0.25, 0.3) is 0 Å². The third kappa shape index (κ3) is 6.97. The van der Waals surface area contributed by atoms with Gasteiger partial charge in [0.05, 0.1) is 12.4 Å². The van der Waals surface area contributed by atoms with E-state index in [0.29, 0.717) is 13.2 Å². The first-order chi connectivity index (χ1) is 13.2. The van der Waals surface area contributed by atoms with Gasteiger partial charge in [0.2, 0.25) is 0 Å². The van der Waals surface area contributed by atoms with Crippen molar-refractivity contribution in [1.82, 2.24) is 20.2 Å². The summed E-state index contributed by atoms with van der Waals surface area (Å²) in [4.78, 5) is 8.33. The van der Waals surface area contributed by atoms with Crippen LogP contribution in [0.3, 0.4) is 0 Å². The van der Waals surface area contributed by atoms with Crippen molar-refractivity contribution < 1.29 is 9.47 Å². The molecule has 1 fully saturated rings. The van der Waals surface area contributed by atoms with Crippen LogP contribution in [0.4, 0.5) is 0 Å². The number of aromatic nitrogens is 2. The van der Waals surface area contributed by atoms with E-state index >= 15 is 0 Å². The Morgan fingerprint density at radius 3 is 3.00 bits per heavy atom. The molecule has 0 amide bonds. The number of benzene rings is 1. The van der Waals surface area contributed by atoms with Crippen molar-refractivity contribution in [3.63, 3.8) is 0 Å². The minimum absolute atomic E-state index is 0. The maximum absolute atomic E-state index is 6.06. The van der Waals surface area contributed by atoms with Crippen molar-refractivity contribution in [3.8, 4) is 5.75 Å². The molecule has 2 N–H and O–H groups in total. The van der Waals surface area contributed by atoms with Gasteiger partial charge in [-0.25, -0.2) is 4.98 Å². The van der Waals surface area contributed by atoms with Crippen LogP contribution in [0.1, 0.15) is 24.0 Å². The highest BCUT2D eigenvalue weighted by molar-refractivity contribution is 14.0. The average Bonchev–Trinajstić information content (AvgIpc) is 3.37. The predicted molar refractivity (Wildman–Crippen MR) is 121 cm³/mol. The van der Waals surface area contributed by atoms with Crippen molar-refractivity contribution in [3.05, 3.63) is 48.0 Å². The molecule has 1 saturated heterocycles. The van der Waals surface area contributed by atoms with Crippen LogP contribution in [-0.2, 0) is 17.8 Å². The van der Waals surface area contributed by atoms with E-state index in [4.69, 9.17) is 9.47 Å². The van der Waals surface area contributed by atoms with E-state index in [-0.39, 0.29) is 30.1 Å². The van der Waals surface area contributed by atoms with Gasteiger partial charge in [-0.15, -0.1) is 24.0 Å². The third-order valence-electron chi connectivity index (χ3n) is 4.56. The minimum atomic E-state index is 0. The molecule has 2 aromatic rings. The van der Waals surface area contributed by atoms with Crippen molar-refractivity contribution in [2.45, 2.75) is 39.0 Å². The number of hydrogen-bond donors (Lipinski definition) is 2. The summed E-state index contributed by atoms with van der Waals surface area (Å²) in [7, 11) is 1.77. The number of rotatable bonds is 8. The van der Waals surface area contributed by atoms with Gasteiger partial charge in [-0.3, -0.25) is 4.99 Å². The lowest BCUT2D eigenvalue weighted by molar-refractivity contribution is 0.0676. The van der Waals surface area contributed by atoms with Gasteiger partial charge in [0.1, 0.15) is 12.4 Å². The quantitative estimate of drug-likeness (QED) is 0.332. The maximum atomic E-state index is 6.06. The second-order valence-electron chi connectivity index (χ2n) is 6.71. The van der Waals surface area contributed by atoms with Gasteiger partial charge in [-0.2, -0.15) is 0 Å². The molecule has 0 radical (unpaired) electrons. The van der Waals surface area contributed by atoms with Gasteiger partial charge in [-0.05, 0) is 31.4 Å². The Morgan fingerprint density at radius 2 is 2.29 bits per heavy atom. The lowest BCUT2D eigenvalue weighted by Crippen LogP contribution is -2.38. The lowest BCUT2D eigenvalue weighted by atomic mass is 10.1. The number of aryl methyl sites for hydroxylation is 1. The monoisotopic (exact) mass is 499 g/mol. The fourth-order valence-electron chi connectivity index (χ4n) is 3.02. The van der Waals surface area contributed by atoms with E-state index in [2.05, 4.69) is 45.7 Å². The molecule has 8 heteroatoms. The summed E-state index contributed by atoms with van der Waals surface area (Å²) in [5.74, 6) is 1.67. The Labute approximate surface area is 184 Å². The highest BCUT2D eigenvalue weighted by Crippen LogP contribution is 2.22. The average molecular weight is 499 g/mol. The molecule has 2 heterocycles. The number of guanidine groups is 1. The van der Waals surface area contributed by atoms with Crippen LogP contribution in [-0.4, -0.2) is 48.4 Å². The summed E-state index contributed by atoms with van der Waals surface area (Å²) in [5, 5.41) is 6.67. The van der Waals surface area contributed by atoms with Crippen LogP contribution in [0.2, 0.25) is 0 Å². The molecule has 0 saturated carbocycles. The molecule has 28 heavy (non-hydrogen) atoms. The predicted octanol–water partition coefficient (Wildman–Crippen LogP) is 2.73. The van der Waals surface area contributed by atoms with Crippen molar-refractivity contribution in [1.29, 1.82) is 0 Å². The molecule has 1 aliphatic rings. The van der Waals surface area contributed by atoms with E-state index in [1.807, 2.05) is 17.1 Å². The van der Waals surface area contributed by atoms with E-state index < -0.39 is 0 Å². The van der Waals surface area contributed by atoms with E-state index in [9.17, 15) is 0 Å². The van der Waals surface area contributed by atoms with E-state index in [1.54, 1.807) is 13.2 Å². The largest absolute Gasteiger partial charge is 0.491 e. The number of ether oxygens (including phenoxy) is 2. The smallest absolute Gasteiger partial charge is 0.191 e. The van der Waals surface area contributed by atoms with Crippen LogP contribution >= 0.6 is 24.0 Å². The fraction of sp³-hybridized carbons (Fsp3) is 0.500. The van der Waals surface area contributed by atoms with Gasteiger partial charge in [-0.1, -0.05) is 12.1 Å². The molecule has 0 aliphatic carbocycles. The van der Waals surface area contributed by atoms with Gasteiger partial charge in [0.15, 0.2) is 5.96 Å². The van der Waals surface area contributed by atoms with Crippen molar-refractivity contribution in [2.24, 2.45) is 4.99 Å². The molecule has 1 aromatic heterocycles. The van der Waals surface area contributed by atoms with Crippen LogP contribution in [0, 0.1) is 6.92 Å². The first-order valence-corrected chi connectivity index (χ1v) is 9.49. The molecule has 0 spiro atoms. The summed E-state index contributed by atoms with van der Waals surface area (Å²) in [5.41, 5.74) is 2.29. The molecule has 1 unspecified atom stereocenters. The number of halogens is 1. The normalized spacial score (nSPS) is 16.5. The lowest BCUT2D eigenvalue weighted by Gasteiger charge is -2.17. The molecular formula is C20H30IN5O2. The third-order valence-corrected chi connectivity index (χ3v) is 4.56. The zero-order valence-corrected chi connectivity index (χ0v) is 18.9. The first-order valence-electron chi connectivity index (χ1n) is 9.49. The minimum Gasteiger partial charge on any atom is -0.491 e. The van der Waals surface area contributed by atoms with Crippen LogP contribution in [0.5, 0.6) is 5.75 Å². The highest BCUT2D eigenvalue weighted by atomic mass is 127. The number of nitrogens with one attached hydrogen (secondary N) is 2. The number of imidazole rings is 1. The molecule has 7 nitrogen and oxygen atoms in total. The molecule has 1 aromatic carbocycles. The second-order valence-corrected chi connectivity index (χ2v) is 6.71. The Kier molecular flexibility index (Phi) is 9.56. The Bertz CT molecular complexity index is 730. The molecule has 1 atom stereocenters. The van der Waals surface area contributed by atoms with Gasteiger partial charge in [0, 0.05) is 51.2 Å². The maximum Gasteiger partial charge on any atom is 0.191 e. The second kappa shape index (κ2) is 11.9. The summed E-state index contributed by atoms with van der Waals surface area (Å²) in [6.45, 7) is 5.78. The van der Waals surface area contributed by atoms with E-state index in [0.717, 1.165) is 49.8 Å². The van der Waals surface area contributed by atoms with Crippen molar-refractivity contribution >= 4 is 29.9 Å². The number of hydrogen-bond acceptors (Lipinski definition) is 4. The number of aliphatic imine (C=N–C) groups is 1. The Hall–Kier alpha value is -1.81. The zero-order chi connectivity index (χ0) is 18.9. The van der Waals surface area contributed by atoms with Crippen LogP contribution in [0.15, 0.2) is 41.9 Å². The molecular weight excluding hydrogens is 469 g/mol. The van der Waals surface area contributed by atoms with Gasteiger partial charge >= 0.3 is 0 Å². The highest BCUT2D eigenvalue weighted by Gasteiger charge is 2.17. The van der Waals surface area contributed by atoms with E-state index in [1.165, 1.54) is 5.56 Å². The fourth-order valence-corrected chi connectivity index (χ4v) is 3.02. The standard InChI is InChI=1S/C20H29N5O2.HI/c1-16-5-6-17(19(12-16)27-14-18-4-3-11-26-18)13-24-20(21-2)23-8-10-25-9-7-22-15-25;/h5-7,9,12,15,18H,3-4,8,10-11,13-14H2,1-2H3,(H2,21,23,24);1H. The summed E-state index contributed by atoms with van der Waals surface area (Å²) < 4.78 is 13.7. The summed E-state index contributed by atoms with van der Waals surface area (Å²) in [6.07, 6.45) is 7.94. The molecule has 0 bridgehead atoms. The zero-order valence-electron chi connectivity index (χ0n) is 16.6. The molecule has 154 valence electrons. The van der Waals surface area contributed by atoms with Crippen LogP contribution in [0.25, 0.3) is 0 Å². The molecule has 1 aliphatic heterocycles. The SMILES string of the molecule is CN=C(NCCn1ccnc1)NCc1ccc(C)cc1OCC1CCCO1.I. The Balaban J connectivity index is 0.00000280. The first kappa shape index (κ1) is 22.5. The summed E-state index contributed by atoms with van der Waals surface area (Å²) >= 11 is 0. The topological polar surface area (TPSA) is 72.7 Å². The van der Waals surface area contributed by atoms with Crippen molar-refractivity contribution in [2.75, 3.05) is 26.8 Å². The molecule has 3 rings (SSSR count). The Morgan fingerprint density at radius 1 is 1.39 bits per heavy atom. The summed E-state index contributed by atoms with van der Waals surface area (Å²) in [6, 6.07) is 6.29. The van der Waals surface area contributed by atoms with Crippen LogP contribution < -0.4 is 15.4 Å².